The summed E-state index contributed by atoms with van der Waals surface area (Å²) in [6.45, 7) is 2.22. The van der Waals surface area contributed by atoms with Crippen LogP contribution in [0.3, 0.4) is 0 Å². The van der Waals surface area contributed by atoms with E-state index in [-0.39, 0.29) is 24.0 Å². The van der Waals surface area contributed by atoms with Gasteiger partial charge in [-0.15, -0.1) is 24.0 Å². The van der Waals surface area contributed by atoms with Gasteiger partial charge in [-0.1, -0.05) is 42.5 Å². The molecule has 0 amide bonds. The maximum Gasteiger partial charge on any atom is 0.191 e. The Balaban J connectivity index is 0.00000289. The van der Waals surface area contributed by atoms with Gasteiger partial charge in [0.1, 0.15) is 0 Å². The normalized spacial score (nSPS) is 11.1. The number of hydrogen-bond donors (Lipinski definition) is 2. The van der Waals surface area contributed by atoms with E-state index < -0.39 is 0 Å². The zero-order chi connectivity index (χ0) is 21.3. The maximum absolute atomic E-state index is 4.46. The molecule has 0 aliphatic rings. The van der Waals surface area contributed by atoms with E-state index in [1.807, 2.05) is 58.2 Å². The van der Waals surface area contributed by atoms with Crippen molar-refractivity contribution in [1.82, 2.24) is 30.2 Å². The molecule has 0 bridgehead atoms. The fourth-order valence-corrected chi connectivity index (χ4v) is 3.39. The summed E-state index contributed by atoms with van der Waals surface area (Å²) in [5, 5.41) is 15.6. The molecule has 0 aliphatic carbocycles. The average molecular weight is 541 g/mol. The average Bonchev–Trinajstić information content (AvgIpc) is 3.50. The Labute approximate surface area is 205 Å². The van der Waals surface area contributed by atoms with Gasteiger partial charge in [-0.05, 0) is 41.3 Å². The first-order chi connectivity index (χ1) is 15.3. The molecule has 2 aromatic heterocycles. The van der Waals surface area contributed by atoms with Crippen molar-refractivity contribution >= 4 is 29.9 Å². The van der Waals surface area contributed by atoms with Gasteiger partial charge in [0, 0.05) is 38.7 Å². The first-order valence-electron chi connectivity index (χ1n) is 10.4. The Kier molecular flexibility index (Phi) is 8.85. The number of rotatable bonds is 8. The Hall–Kier alpha value is -3.14. The van der Waals surface area contributed by atoms with Crippen molar-refractivity contribution in [2.45, 2.75) is 19.5 Å². The van der Waals surface area contributed by atoms with E-state index in [2.05, 4.69) is 56.3 Å². The van der Waals surface area contributed by atoms with Gasteiger partial charge < -0.3 is 10.6 Å². The fourth-order valence-electron chi connectivity index (χ4n) is 3.39. The standard InChI is InChI=1S/C24H27N7.HI/c1-25-24(26-14-12-20-16-29-31(18-20)23-10-3-2-4-11-23)27-17-21-8-5-6-9-22(21)19-30-15-7-13-28-30;/h2-11,13,15-16,18H,12,14,17,19H2,1H3,(H2,25,26,27);1H. The second-order valence-electron chi connectivity index (χ2n) is 7.20. The third-order valence-corrected chi connectivity index (χ3v) is 5.04. The van der Waals surface area contributed by atoms with E-state index in [4.69, 9.17) is 0 Å². The molecule has 2 aromatic carbocycles. The van der Waals surface area contributed by atoms with E-state index in [0.29, 0.717) is 6.54 Å². The van der Waals surface area contributed by atoms with Gasteiger partial charge in [0.15, 0.2) is 5.96 Å². The monoisotopic (exact) mass is 541 g/mol. The minimum Gasteiger partial charge on any atom is -0.356 e. The first kappa shape index (κ1) is 23.5. The maximum atomic E-state index is 4.46. The topological polar surface area (TPSA) is 72.1 Å². The van der Waals surface area contributed by atoms with Crippen LogP contribution in [0.2, 0.25) is 0 Å². The summed E-state index contributed by atoms with van der Waals surface area (Å²) in [5.74, 6) is 0.782. The molecule has 2 heterocycles. The van der Waals surface area contributed by atoms with Crippen LogP contribution in [-0.4, -0.2) is 39.1 Å². The molecule has 0 fully saturated rings. The van der Waals surface area contributed by atoms with Gasteiger partial charge in [-0.2, -0.15) is 10.2 Å². The molecule has 0 saturated heterocycles. The van der Waals surface area contributed by atoms with Crippen LogP contribution in [0, 0.1) is 0 Å². The molecule has 32 heavy (non-hydrogen) atoms. The van der Waals surface area contributed by atoms with Gasteiger partial charge in [0.25, 0.3) is 0 Å². The molecule has 0 saturated carbocycles. The van der Waals surface area contributed by atoms with E-state index in [1.165, 1.54) is 16.7 Å². The number of nitrogens with one attached hydrogen (secondary N) is 2. The number of guanidine groups is 1. The summed E-state index contributed by atoms with van der Waals surface area (Å²) < 4.78 is 3.83. The Morgan fingerprint density at radius 3 is 2.47 bits per heavy atom. The largest absolute Gasteiger partial charge is 0.356 e. The Morgan fingerprint density at radius 1 is 0.938 bits per heavy atom. The van der Waals surface area contributed by atoms with Crippen molar-refractivity contribution in [3.05, 3.63) is 102 Å². The fraction of sp³-hybridized carbons (Fsp3) is 0.208. The predicted molar refractivity (Wildman–Crippen MR) is 139 cm³/mol. The lowest BCUT2D eigenvalue weighted by molar-refractivity contribution is 0.677. The summed E-state index contributed by atoms with van der Waals surface area (Å²) in [6, 6.07) is 20.5. The highest BCUT2D eigenvalue weighted by atomic mass is 127. The molecule has 8 heteroatoms. The van der Waals surface area contributed by atoms with Gasteiger partial charge in [0.2, 0.25) is 0 Å². The number of hydrogen-bond acceptors (Lipinski definition) is 3. The molecule has 0 atom stereocenters. The number of nitrogens with zero attached hydrogens (tertiary/aromatic N) is 5. The Bertz CT molecular complexity index is 1100. The van der Waals surface area contributed by atoms with Crippen molar-refractivity contribution in [1.29, 1.82) is 0 Å². The lowest BCUT2D eigenvalue weighted by atomic mass is 10.1. The molecule has 0 aliphatic heterocycles. The zero-order valence-corrected chi connectivity index (χ0v) is 20.4. The quantitative estimate of drug-likeness (QED) is 0.203. The number of halogens is 1. The molecule has 7 nitrogen and oxygen atoms in total. The van der Waals surface area contributed by atoms with Crippen LogP contribution in [0.5, 0.6) is 0 Å². The third-order valence-electron chi connectivity index (χ3n) is 5.04. The highest BCUT2D eigenvalue weighted by Crippen LogP contribution is 2.10. The summed E-state index contributed by atoms with van der Waals surface area (Å²) in [6.07, 6.45) is 8.62. The SMILES string of the molecule is CN=C(NCCc1cnn(-c2ccccc2)c1)NCc1ccccc1Cn1cccn1.I. The summed E-state index contributed by atoms with van der Waals surface area (Å²) in [4.78, 5) is 4.35. The van der Waals surface area contributed by atoms with E-state index >= 15 is 0 Å². The van der Waals surface area contributed by atoms with Crippen molar-refractivity contribution in [3.8, 4) is 5.69 Å². The van der Waals surface area contributed by atoms with E-state index in [1.54, 1.807) is 13.2 Å². The van der Waals surface area contributed by atoms with Crippen LogP contribution in [0.4, 0.5) is 0 Å². The van der Waals surface area contributed by atoms with Crippen LogP contribution >= 0.6 is 24.0 Å². The van der Waals surface area contributed by atoms with Crippen LogP contribution in [0.15, 0.2) is 90.4 Å². The van der Waals surface area contributed by atoms with Crippen molar-refractivity contribution in [3.63, 3.8) is 0 Å². The van der Waals surface area contributed by atoms with Crippen molar-refractivity contribution in [2.24, 2.45) is 4.99 Å². The highest BCUT2D eigenvalue weighted by Gasteiger charge is 2.05. The molecular formula is C24H28IN7. The number of aromatic nitrogens is 4. The zero-order valence-electron chi connectivity index (χ0n) is 18.1. The smallest absolute Gasteiger partial charge is 0.191 e. The number of para-hydroxylation sites is 1. The van der Waals surface area contributed by atoms with Crippen molar-refractivity contribution in [2.75, 3.05) is 13.6 Å². The molecule has 4 aromatic rings. The van der Waals surface area contributed by atoms with E-state index in [0.717, 1.165) is 31.2 Å². The van der Waals surface area contributed by atoms with Crippen LogP contribution in [0.1, 0.15) is 16.7 Å². The number of benzene rings is 2. The molecule has 0 radical (unpaired) electrons. The molecular weight excluding hydrogens is 513 g/mol. The minimum absolute atomic E-state index is 0. The third kappa shape index (κ3) is 6.43. The van der Waals surface area contributed by atoms with Gasteiger partial charge in [-0.3, -0.25) is 9.67 Å². The van der Waals surface area contributed by atoms with Crippen LogP contribution < -0.4 is 10.6 Å². The van der Waals surface area contributed by atoms with Crippen LogP contribution in [0.25, 0.3) is 5.69 Å². The predicted octanol–water partition coefficient (Wildman–Crippen LogP) is 3.64. The van der Waals surface area contributed by atoms with Gasteiger partial charge in [0.05, 0.1) is 18.4 Å². The minimum atomic E-state index is 0. The summed E-state index contributed by atoms with van der Waals surface area (Å²) >= 11 is 0. The summed E-state index contributed by atoms with van der Waals surface area (Å²) in [7, 11) is 1.79. The molecule has 4 rings (SSSR count). The molecule has 2 N–H and O–H groups in total. The second kappa shape index (κ2) is 12.0. The Morgan fingerprint density at radius 2 is 1.72 bits per heavy atom. The lowest BCUT2D eigenvalue weighted by Crippen LogP contribution is -2.38. The highest BCUT2D eigenvalue weighted by molar-refractivity contribution is 14.0. The van der Waals surface area contributed by atoms with E-state index in [9.17, 15) is 0 Å². The number of aliphatic imine (C=N–C) groups is 1. The second-order valence-corrected chi connectivity index (χ2v) is 7.20. The first-order valence-corrected chi connectivity index (χ1v) is 10.4. The molecule has 0 spiro atoms. The van der Waals surface area contributed by atoms with Crippen molar-refractivity contribution < 1.29 is 0 Å². The lowest BCUT2D eigenvalue weighted by Gasteiger charge is -2.14. The molecule has 166 valence electrons. The summed E-state index contributed by atoms with van der Waals surface area (Å²) in [5.41, 5.74) is 4.71. The van der Waals surface area contributed by atoms with Gasteiger partial charge >= 0.3 is 0 Å². The molecule has 0 unspecified atom stereocenters. The van der Waals surface area contributed by atoms with Crippen LogP contribution in [-0.2, 0) is 19.5 Å². The van der Waals surface area contributed by atoms with Gasteiger partial charge in [-0.25, -0.2) is 4.68 Å².